The lowest BCUT2D eigenvalue weighted by molar-refractivity contribution is 0.0149. The van der Waals surface area contributed by atoms with Gasteiger partial charge in [-0.25, -0.2) is 17.7 Å². The van der Waals surface area contributed by atoms with E-state index in [4.69, 9.17) is 11.6 Å². The number of aromatic nitrogens is 2. The molecule has 0 aromatic carbocycles. The van der Waals surface area contributed by atoms with Gasteiger partial charge >= 0.3 is 0 Å². The summed E-state index contributed by atoms with van der Waals surface area (Å²) < 4.78 is 24.9. The molecule has 1 saturated carbocycles. The summed E-state index contributed by atoms with van der Waals surface area (Å²) in [5.74, 6) is 0.958. The first-order valence-corrected chi connectivity index (χ1v) is 13.0. The van der Waals surface area contributed by atoms with Crippen molar-refractivity contribution in [3.63, 3.8) is 0 Å². The van der Waals surface area contributed by atoms with E-state index in [2.05, 4.69) is 15.3 Å². The van der Waals surface area contributed by atoms with Crippen molar-refractivity contribution in [3.8, 4) is 0 Å². The minimum Gasteiger partial charge on any atom is -0.388 e. The number of nitrogens with one attached hydrogen (secondary N) is 1. The van der Waals surface area contributed by atoms with Crippen LogP contribution in [0.15, 0.2) is 11.2 Å². The second-order valence-corrected chi connectivity index (χ2v) is 11.1. The highest BCUT2D eigenvalue weighted by Crippen LogP contribution is 2.43. The number of piperidine rings is 1. The van der Waals surface area contributed by atoms with Crippen LogP contribution in [0, 0.1) is 0 Å². The molecule has 9 nitrogen and oxygen atoms in total. The molecule has 1 saturated heterocycles. The molecule has 3 aliphatic rings. The van der Waals surface area contributed by atoms with Crippen molar-refractivity contribution in [1.29, 1.82) is 0 Å². The van der Waals surface area contributed by atoms with E-state index in [-0.39, 0.29) is 17.1 Å². The van der Waals surface area contributed by atoms with E-state index < -0.39 is 21.9 Å². The Morgan fingerprint density at radius 1 is 1.32 bits per heavy atom. The lowest BCUT2D eigenvalue weighted by Gasteiger charge is -2.43. The Bertz CT molecular complexity index is 966. The van der Waals surface area contributed by atoms with Gasteiger partial charge in [0.25, 0.3) is 0 Å². The first-order chi connectivity index (χ1) is 14.6. The van der Waals surface area contributed by atoms with E-state index in [1.807, 2.05) is 6.92 Å². The van der Waals surface area contributed by atoms with Crippen molar-refractivity contribution in [3.05, 3.63) is 16.8 Å². The first kappa shape index (κ1) is 22.7. The van der Waals surface area contributed by atoms with E-state index in [9.17, 15) is 18.6 Å². The molecule has 0 bridgehead atoms. The van der Waals surface area contributed by atoms with Crippen LogP contribution in [0.3, 0.4) is 0 Å². The van der Waals surface area contributed by atoms with Crippen molar-refractivity contribution >= 4 is 39.5 Å². The molecule has 11 heteroatoms. The SMILES string of the molecule is CC[C@@]1(O)CCC[C@H]1N1c2nc(NC3CCN(S(C)(=O)=O)CC3)ncc2C=C(Cl)C1O. The normalized spacial score (nSPS) is 30.2. The zero-order valence-corrected chi connectivity index (χ0v) is 19.4. The topological polar surface area (TPSA) is 119 Å². The van der Waals surface area contributed by atoms with Crippen molar-refractivity contribution < 1.29 is 18.6 Å². The van der Waals surface area contributed by atoms with Crippen molar-refractivity contribution in [2.45, 2.75) is 69.4 Å². The molecule has 3 N–H and O–H groups in total. The van der Waals surface area contributed by atoms with E-state index in [1.54, 1.807) is 17.2 Å². The third-order valence-electron chi connectivity index (χ3n) is 6.76. The zero-order valence-electron chi connectivity index (χ0n) is 17.8. The second-order valence-electron chi connectivity index (χ2n) is 8.73. The average molecular weight is 472 g/mol. The molecule has 0 spiro atoms. The van der Waals surface area contributed by atoms with Gasteiger partial charge in [-0.05, 0) is 44.6 Å². The number of fused-ring (bicyclic) bond motifs is 1. The molecule has 172 valence electrons. The smallest absolute Gasteiger partial charge is 0.224 e. The molecule has 1 aliphatic carbocycles. The van der Waals surface area contributed by atoms with Gasteiger partial charge in [-0.1, -0.05) is 18.5 Å². The molecule has 2 aliphatic heterocycles. The molecule has 4 rings (SSSR count). The van der Waals surface area contributed by atoms with Gasteiger partial charge in [0, 0.05) is 30.9 Å². The van der Waals surface area contributed by atoms with Crippen LogP contribution in [0.2, 0.25) is 0 Å². The summed E-state index contributed by atoms with van der Waals surface area (Å²) in [7, 11) is -3.18. The Kier molecular flexibility index (Phi) is 6.21. The van der Waals surface area contributed by atoms with E-state index in [1.165, 1.54) is 10.6 Å². The molecule has 31 heavy (non-hydrogen) atoms. The minimum atomic E-state index is -3.18. The Balaban J connectivity index is 1.57. The highest BCUT2D eigenvalue weighted by Gasteiger charge is 2.47. The maximum atomic E-state index is 11.7. The van der Waals surface area contributed by atoms with Gasteiger partial charge in [0.05, 0.1) is 22.9 Å². The third kappa shape index (κ3) is 4.41. The molecule has 1 unspecified atom stereocenters. The number of aliphatic hydroxyl groups is 2. The highest BCUT2D eigenvalue weighted by atomic mass is 35.5. The Labute approximate surface area is 188 Å². The number of nitrogens with zero attached hydrogens (tertiary/aromatic N) is 4. The molecule has 3 atom stereocenters. The van der Waals surface area contributed by atoms with Crippen LogP contribution >= 0.6 is 11.6 Å². The maximum Gasteiger partial charge on any atom is 0.224 e. The summed E-state index contributed by atoms with van der Waals surface area (Å²) in [5, 5.41) is 25.6. The lowest BCUT2D eigenvalue weighted by Crippen LogP contribution is -2.55. The summed E-state index contributed by atoms with van der Waals surface area (Å²) >= 11 is 6.31. The summed E-state index contributed by atoms with van der Waals surface area (Å²) in [4.78, 5) is 10.8. The molecule has 3 heterocycles. The molecule has 2 fully saturated rings. The van der Waals surface area contributed by atoms with Gasteiger partial charge in [0.15, 0.2) is 6.23 Å². The number of hydrogen-bond donors (Lipinski definition) is 3. The van der Waals surface area contributed by atoms with Crippen molar-refractivity contribution in [2.75, 3.05) is 29.6 Å². The molecular formula is C20H30ClN5O4S. The summed E-state index contributed by atoms with van der Waals surface area (Å²) in [6.07, 6.45) is 7.64. The lowest BCUT2D eigenvalue weighted by atomic mass is 9.92. The molecular weight excluding hydrogens is 442 g/mol. The van der Waals surface area contributed by atoms with Gasteiger partial charge in [0.2, 0.25) is 16.0 Å². The fraction of sp³-hybridized carbons (Fsp3) is 0.700. The molecule has 1 aromatic heterocycles. The zero-order chi connectivity index (χ0) is 22.4. The Hall–Kier alpha value is -1.46. The van der Waals surface area contributed by atoms with Crippen molar-refractivity contribution in [1.82, 2.24) is 14.3 Å². The number of anilines is 2. The van der Waals surface area contributed by atoms with Gasteiger partial charge in [-0.2, -0.15) is 4.98 Å². The van der Waals surface area contributed by atoms with Gasteiger partial charge in [-0.3, -0.25) is 0 Å². The summed E-state index contributed by atoms with van der Waals surface area (Å²) in [6.45, 7) is 2.86. The Morgan fingerprint density at radius 2 is 2.03 bits per heavy atom. The molecule has 0 amide bonds. The largest absolute Gasteiger partial charge is 0.388 e. The Morgan fingerprint density at radius 3 is 2.68 bits per heavy atom. The summed E-state index contributed by atoms with van der Waals surface area (Å²) in [6, 6.07) is -0.245. The number of rotatable bonds is 5. The number of halogens is 1. The van der Waals surface area contributed by atoms with Crippen LogP contribution in [0.25, 0.3) is 6.08 Å². The van der Waals surface area contributed by atoms with Crippen LogP contribution in [0.5, 0.6) is 0 Å². The minimum absolute atomic E-state index is 0.0520. The van der Waals surface area contributed by atoms with Crippen LogP contribution in [-0.2, 0) is 10.0 Å². The van der Waals surface area contributed by atoms with Gasteiger partial charge < -0.3 is 20.4 Å². The second kappa shape index (κ2) is 8.47. The van der Waals surface area contributed by atoms with E-state index in [0.29, 0.717) is 56.1 Å². The molecule has 0 radical (unpaired) electrons. The quantitative estimate of drug-likeness (QED) is 0.594. The van der Waals surface area contributed by atoms with Crippen LogP contribution in [0.4, 0.5) is 11.8 Å². The fourth-order valence-corrected chi connectivity index (χ4v) is 6.01. The predicted molar refractivity (Wildman–Crippen MR) is 120 cm³/mol. The maximum absolute atomic E-state index is 11.7. The van der Waals surface area contributed by atoms with Crippen molar-refractivity contribution in [2.24, 2.45) is 0 Å². The van der Waals surface area contributed by atoms with Crippen LogP contribution < -0.4 is 10.2 Å². The fourth-order valence-electron chi connectivity index (χ4n) is 4.91. The first-order valence-electron chi connectivity index (χ1n) is 10.8. The number of hydrogen-bond acceptors (Lipinski definition) is 8. The monoisotopic (exact) mass is 471 g/mol. The molecule has 1 aromatic rings. The summed E-state index contributed by atoms with van der Waals surface area (Å²) in [5.41, 5.74) is -0.220. The van der Waals surface area contributed by atoms with Crippen LogP contribution in [-0.4, -0.2) is 76.2 Å². The predicted octanol–water partition coefficient (Wildman–Crippen LogP) is 1.72. The van der Waals surface area contributed by atoms with Crippen LogP contribution in [0.1, 0.15) is 51.0 Å². The highest BCUT2D eigenvalue weighted by molar-refractivity contribution is 7.88. The standard InChI is InChI=1S/C20H30ClN5O4S/c1-3-20(28)8-4-5-16(20)26-17-13(11-15(21)18(26)27)12-22-19(24-17)23-14-6-9-25(10-7-14)31(2,29)30/h11-12,14,16,18,27-28H,3-10H2,1-2H3,(H,22,23,24)/t16-,18?,20-/m1/s1. The number of aliphatic hydroxyl groups excluding tert-OH is 1. The van der Waals surface area contributed by atoms with E-state index >= 15 is 0 Å². The number of sulfonamides is 1. The van der Waals surface area contributed by atoms with E-state index in [0.717, 1.165) is 12.8 Å². The average Bonchev–Trinajstić information content (AvgIpc) is 3.11. The van der Waals surface area contributed by atoms with Gasteiger partial charge in [-0.15, -0.1) is 0 Å². The third-order valence-corrected chi connectivity index (χ3v) is 8.36. The van der Waals surface area contributed by atoms with Gasteiger partial charge in [0.1, 0.15) is 5.82 Å².